The van der Waals surface area contributed by atoms with E-state index in [9.17, 15) is 18.0 Å². The highest BCUT2D eigenvalue weighted by atomic mass is 19.4. The summed E-state index contributed by atoms with van der Waals surface area (Å²) in [7, 11) is 0. The molecule has 0 aliphatic rings. The standard InChI is InChI=1S/C15H20F3NO2/c1-11(2)10-21-8-4-7-19-14(20)12-5-3-6-13(9-12)15(16,17)18/h3,5-6,9,11H,4,7-8,10H2,1-2H3,(H,19,20). The van der Waals surface area contributed by atoms with Crippen LogP contribution in [-0.4, -0.2) is 25.7 Å². The van der Waals surface area contributed by atoms with Crippen LogP contribution >= 0.6 is 0 Å². The van der Waals surface area contributed by atoms with Crippen molar-refractivity contribution in [3.8, 4) is 0 Å². The highest BCUT2D eigenvalue weighted by Crippen LogP contribution is 2.29. The molecular formula is C15H20F3NO2. The van der Waals surface area contributed by atoms with Crippen LogP contribution in [0.3, 0.4) is 0 Å². The lowest BCUT2D eigenvalue weighted by Gasteiger charge is -2.10. The number of hydrogen-bond acceptors (Lipinski definition) is 2. The lowest BCUT2D eigenvalue weighted by molar-refractivity contribution is -0.137. The minimum absolute atomic E-state index is 0.00734. The van der Waals surface area contributed by atoms with Gasteiger partial charge >= 0.3 is 6.18 Å². The normalized spacial score (nSPS) is 11.7. The van der Waals surface area contributed by atoms with E-state index in [0.717, 1.165) is 12.1 Å². The Morgan fingerprint density at radius 3 is 2.67 bits per heavy atom. The lowest BCUT2D eigenvalue weighted by Crippen LogP contribution is -2.25. The molecule has 1 N–H and O–H groups in total. The minimum atomic E-state index is -4.44. The van der Waals surface area contributed by atoms with Crippen LogP contribution in [0.4, 0.5) is 13.2 Å². The third kappa shape index (κ3) is 6.62. The first kappa shape index (κ1) is 17.5. The summed E-state index contributed by atoms with van der Waals surface area (Å²) in [6.07, 6.45) is -3.82. The first-order valence-corrected chi connectivity index (χ1v) is 6.84. The third-order valence-corrected chi connectivity index (χ3v) is 2.65. The molecule has 0 atom stereocenters. The topological polar surface area (TPSA) is 38.3 Å². The molecule has 0 unspecified atom stereocenters. The van der Waals surface area contributed by atoms with Gasteiger partial charge in [0, 0.05) is 25.3 Å². The van der Waals surface area contributed by atoms with Crippen molar-refractivity contribution >= 4 is 5.91 Å². The van der Waals surface area contributed by atoms with E-state index in [-0.39, 0.29) is 5.56 Å². The Hall–Kier alpha value is -1.56. The largest absolute Gasteiger partial charge is 0.416 e. The molecule has 0 radical (unpaired) electrons. The molecule has 0 aliphatic heterocycles. The summed E-state index contributed by atoms with van der Waals surface area (Å²) in [5, 5.41) is 2.58. The molecule has 118 valence electrons. The molecule has 0 spiro atoms. The van der Waals surface area contributed by atoms with Gasteiger partial charge in [-0.2, -0.15) is 13.2 Å². The first-order chi connectivity index (χ1) is 9.80. The summed E-state index contributed by atoms with van der Waals surface area (Å²) >= 11 is 0. The zero-order chi connectivity index (χ0) is 15.9. The van der Waals surface area contributed by atoms with Crippen LogP contribution in [0.15, 0.2) is 24.3 Å². The monoisotopic (exact) mass is 303 g/mol. The molecule has 0 fully saturated rings. The van der Waals surface area contributed by atoms with Crippen molar-refractivity contribution in [2.24, 2.45) is 5.92 Å². The average molecular weight is 303 g/mol. The minimum Gasteiger partial charge on any atom is -0.381 e. The molecule has 0 aliphatic carbocycles. The second kappa shape index (κ2) is 8.02. The van der Waals surface area contributed by atoms with Crippen molar-refractivity contribution in [2.45, 2.75) is 26.4 Å². The molecule has 0 saturated carbocycles. The molecular weight excluding hydrogens is 283 g/mol. The van der Waals surface area contributed by atoms with Gasteiger partial charge in [-0.1, -0.05) is 19.9 Å². The fourth-order valence-electron chi connectivity index (χ4n) is 1.63. The second-order valence-electron chi connectivity index (χ2n) is 5.16. The van der Waals surface area contributed by atoms with E-state index in [0.29, 0.717) is 32.1 Å². The van der Waals surface area contributed by atoms with Gasteiger partial charge in [0.1, 0.15) is 0 Å². The SMILES string of the molecule is CC(C)COCCCNC(=O)c1cccc(C(F)(F)F)c1. The van der Waals surface area contributed by atoms with Crippen LogP contribution in [0.5, 0.6) is 0 Å². The Balaban J connectivity index is 2.39. The molecule has 1 amide bonds. The predicted molar refractivity (Wildman–Crippen MR) is 74.1 cm³/mol. The molecule has 1 rings (SSSR count). The van der Waals surface area contributed by atoms with Gasteiger partial charge in [0.2, 0.25) is 0 Å². The van der Waals surface area contributed by atoms with Crippen molar-refractivity contribution in [1.82, 2.24) is 5.32 Å². The van der Waals surface area contributed by atoms with Gasteiger partial charge in [-0.05, 0) is 30.5 Å². The summed E-state index contributed by atoms with van der Waals surface area (Å²) in [5.74, 6) is -0.0605. The Labute approximate surface area is 122 Å². The maximum atomic E-state index is 12.5. The van der Waals surface area contributed by atoms with Crippen LogP contribution in [0.2, 0.25) is 0 Å². The van der Waals surface area contributed by atoms with Gasteiger partial charge in [0.05, 0.1) is 5.56 Å². The number of carbonyl (C=O) groups is 1. The number of carbonyl (C=O) groups excluding carboxylic acids is 1. The average Bonchev–Trinajstić information content (AvgIpc) is 2.41. The van der Waals surface area contributed by atoms with E-state index in [2.05, 4.69) is 5.32 Å². The zero-order valence-electron chi connectivity index (χ0n) is 12.2. The Morgan fingerprint density at radius 1 is 1.33 bits per heavy atom. The van der Waals surface area contributed by atoms with Crippen molar-refractivity contribution in [3.05, 3.63) is 35.4 Å². The number of ether oxygens (including phenoxy) is 1. The van der Waals surface area contributed by atoms with Gasteiger partial charge in [-0.3, -0.25) is 4.79 Å². The van der Waals surface area contributed by atoms with Crippen molar-refractivity contribution in [3.63, 3.8) is 0 Å². The van der Waals surface area contributed by atoms with Gasteiger partial charge in [0.15, 0.2) is 0 Å². The van der Waals surface area contributed by atoms with E-state index >= 15 is 0 Å². The van der Waals surface area contributed by atoms with Crippen LogP contribution in [0, 0.1) is 5.92 Å². The number of halogens is 3. The molecule has 3 nitrogen and oxygen atoms in total. The summed E-state index contributed by atoms with van der Waals surface area (Å²) in [6.45, 7) is 5.61. The molecule has 0 aromatic heterocycles. The smallest absolute Gasteiger partial charge is 0.381 e. The summed E-state index contributed by atoms with van der Waals surface area (Å²) in [4.78, 5) is 11.7. The Bertz CT molecular complexity index is 458. The number of rotatable bonds is 7. The summed E-state index contributed by atoms with van der Waals surface area (Å²) in [5.41, 5.74) is -0.816. The molecule has 1 aromatic rings. The number of amides is 1. The summed E-state index contributed by atoms with van der Waals surface area (Å²) < 4.78 is 43.0. The number of hydrogen-bond donors (Lipinski definition) is 1. The fraction of sp³-hybridized carbons (Fsp3) is 0.533. The highest BCUT2D eigenvalue weighted by molar-refractivity contribution is 5.94. The van der Waals surface area contributed by atoms with E-state index in [1.54, 1.807) is 0 Å². The lowest BCUT2D eigenvalue weighted by atomic mass is 10.1. The number of alkyl halides is 3. The first-order valence-electron chi connectivity index (χ1n) is 6.84. The van der Waals surface area contributed by atoms with E-state index in [1.807, 2.05) is 13.8 Å². The van der Waals surface area contributed by atoms with E-state index < -0.39 is 17.6 Å². The zero-order valence-corrected chi connectivity index (χ0v) is 12.2. The Morgan fingerprint density at radius 2 is 2.05 bits per heavy atom. The van der Waals surface area contributed by atoms with Gasteiger partial charge in [-0.25, -0.2) is 0 Å². The molecule has 1 aromatic carbocycles. The van der Waals surface area contributed by atoms with Gasteiger partial charge in [-0.15, -0.1) is 0 Å². The quantitative estimate of drug-likeness (QED) is 0.783. The number of nitrogens with one attached hydrogen (secondary N) is 1. The van der Waals surface area contributed by atoms with Crippen LogP contribution in [-0.2, 0) is 10.9 Å². The van der Waals surface area contributed by atoms with Crippen molar-refractivity contribution in [1.29, 1.82) is 0 Å². The molecule has 0 saturated heterocycles. The maximum Gasteiger partial charge on any atom is 0.416 e. The predicted octanol–water partition coefficient (Wildman–Crippen LogP) is 3.50. The molecule has 0 bridgehead atoms. The van der Waals surface area contributed by atoms with Crippen LogP contribution in [0.1, 0.15) is 36.2 Å². The van der Waals surface area contributed by atoms with Gasteiger partial charge in [0.25, 0.3) is 5.91 Å². The summed E-state index contributed by atoms with van der Waals surface area (Å²) in [6, 6.07) is 4.38. The van der Waals surface area contributed by atoms with Crippen molar-refractivity contribution in [2.75, 3.05) is 19.8 Å². The highest BCUT2D eigenvalue weighted by Gasteiger charge is 2.30. The fourth-order valence-corrected chi connectivity index (χ4v) is 1.63. The molecule has 0 heterocycles. The maximum absolute atomic E-state index is 12.5. The second-order valence-corrected chi connectivity index (χ2v) is 5.16. The molecule has 6 heteroatoms. The van der Waals surface area contributed by atoms with Gasteiger partial charge < -0.3 is 10.1 Å². The third-order valence-electron chi connectivity index (χ3n) is 2.65. The van der Waals surface area contributed by atoms with Crippen LogP contribution < -0.4 is 5.32 Å². The Kier molecular flexibility index (Phi) is 6.68. The molecule has 21 heavy (non-hydrogen) atoms. The number of benzene rings is 1. The van der Waals surface area contributed by atoms with E-state index in [1.165, 1.54) is 12.1 Å². The van der Waals surface area contributed by atoms with Crippen molar-refractivity contribution < 1.29 is 22.7 Å². The van der Waals surface area contributed by atoms with E-state index in [4.69, 9.17) is 4.74 Å². The van der Waals surface area contributed by atoms with Crippen LogP contribution in [0.25, 0.3) is 0 Å².